The van der Waals surface area contributed by atoms with Gasteiger partial charge in [-0.2, -0.15) is 0 Å². The molecule has 1 saturated heterocycles. The monoisotopic (exact) mass is 322 g/mol. The average Bonchev–Trinajstić information content (AvgIpc) is 2.41. The highest BCUT2D eigenvalue weighted by Crippen LogP contribution is 2.18. The predicted octanol–water partition coefficient (Wildman–Crippen LogP) is 1.76. The first-order chi connectivity index (χ1) is 9.00. The lowest BCUT2D eigenvalue weighted by Crippen LogP contribution is -2.44. The summed E-state index contributed by atoms with van der Waals surface area (Å²) in [6, 6.07) is 6.02. The van der Waals surface area contributed by atoms with Crippen molar-refractivity contribution in [2.45, 2.75) is 24.6 Å². The van der Waals surface area contributed by atoms with Crippen molar-refractivity contribution in [1.82, 2.24) is 9.62 Å². The van der Waals surface area contributed by atoms with Crippen molar-refractivity contribution in [3.05, 3.63) is 35.6 Å². The van der Waals surface area contributed by atoms with Gasteiger partial charge in [0.15, 0.2) is 0 Å². The SMILES string of the molecule is CN(C1CCNCC1)S(=O)(=O)Cc1ccccc1F.Cl. The molecule has 20 heavy (non-hydrogen) atoms. The normalized spacial score (nSPS) is 16.9. The fraction of sp³-hybridized carbons (Fsp3) is 0.538. The number of nitrogens with one attached hydrogen (secondary N) is 1. The van der Waals surface area contributed by atoms with E-state index in [0.29, 0.717) is 0 Å². The Labute approximate surface area is 125 Å². The van der Waals surface area contributed by atoms with Crippen molar-refractivity contribution in [1.29, 1.82) is 0 Å². The van der Waals surface area contributed by atoms with Crippen LogP contribution in [0.15, 0.2) is 24.3 Å². The topological polar surface area (TPSA) is 49.4 Å². The zero-order valence-electron chi connectivity index (χ0n) is 11.4. The summed E-state index contributed by atoms with van der Waals surface area (Å²) >= 11 is 0. The third kappa shape index (κ3) is 4.15. The Bertz CT molecular complexity index is 533. The van der Waals surface area contributed by atoms with Gasteiger partial charge >= 0.3 is 0 Å². The second-order valence-electron chi connectivity index (χ2n) is 4.85. The minimum absolute atomic E-state index is 0. The van der Waals surface area contributed by atoms with Gasteiger partial charge in [-0.3, -0.25) is 0 Å². The van der Waals surface area contributed by atoms with Crippen LogP contribution >= 0.6 is 12.4 Å². The van der Waals surface area contributed by atoms with Crippen LogP contribution in [0.25, 0.3) is 0 Å². The molecule has 1 aromatic rings. The molecule has 4 nitrogen and oxygen atoms in total. The molecule has 0 aromatic heterocycles. The van der Waals surface area contributed by atoms with Crippen LogP contribution < -0.4 is 5.32 Å². The summed E-state index contributed by atoms with van der Waals surface area (Å²) in [5.74, 6) is -0.745. The van der Waals surface area contributed by atoms with E-state index in [4.69, 9.17) is 0 Å². The van der Waals surface area contributed by atoms with Crippen LogP contribution in [0.1, 0.15) is 18.4 Å². The maximum Gasteiger partial charge on any atom is 0.218 e. The van der Waals surface area contributed by atoms with Gasteiger partial charge in [0.2, 0.25) is 10.0 Å². The standard InChI is InChI=1S/C13H19FN2O2S.ClH/c1-16(12-6-8-15-9-7-12)19(17,18)10-11-4-2-3-5-13(11)14;/h2-5,12,15H,6-10H2,1H3;1H. The first-order valence-corrected chi connectivity index (χ1v) is 8.01. The third-order valence-corrected chi connectivity index (χ3v) is 5.41. The van der Waals surface area contributed by atoms with Gasteiger partial charge in [0.05, 0.1) is 5.75 Å². The zero-order chi connectivity index (χ0) is 13.9. The summed E-state index contributed by atoms with van der Waals surface area (Å²) in [6.07, 6.45) is 1.60. The fourth-order valence-electron chi connectivity index (χ4n) is 2.31. The lowest BCUT2D eigenvalue weighted by molar-refractivity contribution is 0.296. The molecule has 2 rings (SSSR count). The third-order valence-electron chi connectivity index (χ3n) is 3.56. The quantitative estimate of drug-likeness (QED) is 0.919. The van der Waals surface area contributed by atoms with Gasteiger partial charge < -0.3 is 5.32 Å². The molecular formula is C13H20ClFN2O2S. The zero-order valence-corrected chi connectivity index (χ0v) is 13.0. The largest absolute Gasteiger partial charge is 0.317 e. The minimum atomic E-state index is -3.47. The van der Waals surface area contributed by atoms with Crippen LogP contribution in [-0.2, 0) is 15.8 Å². The molecule has 114 valence electrons. The maximum atomic E-state index is 13.5. The Kier molecular flexibility index (Phi) is 6.39. The van der Waals surface area contributed by atoms with E-state index < -0.39 is 15.8 Å². The van der Waals surface area contributed by atoms with Gasteiger partial charge in [0.1, 0.15) is 5.82 Å². The van der Waals surface area contributed by atoms with E-state index in [-0.39, 0.29) is 29.8 Å². The van der Waals surface area contributed by atoms with Gasteiger partial charge in [-0.15, -0.1) is 12.4 Å². The molecule has 1 heterocycles. The number of hydrogen-bond donors (Lipinski definition) is 1. The average molecular weight is 323 g/mol. The van der Waals surface area contributed by atoms with Crippen molar-refractivity contribution in [2.24, 2.45) is 0 Å². The second-order valence-corrected chi connectivity index (χ2v) is 6.87. The molecule has 0 saturated carbocycles. The molecule has 0 unspecified atom stereocenters. The predicted molar refractivity (Wildman–Crippen MR) is 79.9 cm³/mol. The Morgan fingerprint density at radius 3 is 2.50 bits per heavy atom. The number of nitrogens with zero attached hydrogens (tertiary/aromatic N) is 1. The van der Waals surface area contributed by atoms with Crippen molar-refractivity contribution in [3.63, 3.8) is 0 Å². The molecule has 0 spiro atoms. The molecule has 0 amide bonds. The van der Waals surface area contributed by atoms with Gasteiger partial charge in [0, 0.05) is 18.7 Å². The first kappa shape index (κ1) is 17.4. The molecule has 1 aliphatic rings. The number of piperidine rings is 1. The lowest BCUT2D eigenvalue weighted by Gasteiger charge is -2.30. The maximum absolute atomic E-state index is 13.5. The van der Waals surface area contributed by atoms with Crippen LogP contribution in [0.3, 0.4) is 0 Å². The summed E-state index contributed by atoms with van der Waals surface area (Å²) in [5.41, 5.74) is 0.225. The van der Waals surface area contributed by atoms with E-state index in [2.05, 4.69) is 5.32 Å². The van der Waals surface area contributed by atoms with E-state index in [1.165, 1.54) is 16.4 Å². The number of hydrogen-bond acceptors (Lipinski definition) is 3. The van der Waals surface area contributed by atoms with Gasteiger partial charge in [0.25, 0.3) is 0 Å². The Morgan fingerprint density at radius 2 is 1.90 bits per heavy atom. The molecule has 0 bridgehead atoms. The van der Waals surface area contributed by atoms with Crippen LogP contribution in [0.2, 0.25) is 0 Å². The summed E-state index contributed by atoms with van der Waals surface area (Å²) in [7, 11) is -1.88. The van der Waals surface area contributed by atoms with Gasteiger partial charge in [-0.25, -0.2) is 17.1 Å². The molecular weight excluding hydrogens is 303 g/mol. The Balaban J connectivity index is 0.00000200. The Morgan fingerprint density at radius 1 is 1.30 bits per heavy atom. The van der Waals surface area contributed by atoms with Crippen molar-refractivity contribution < 1.29 is 12.8 Å². The van der Waals surface area contributed by atoms with Crippen LogP contribution in [0, 0.1) is 5.82 Å². The highest BCUT2D eigenvalue weighted by Gasteiger charge is 2.28. The number of sulfonamides is 1. The van der Waals surface area contributed by atoms with Gasteiger partial charge in [-0.1, -0.05) is 18.2 Å². The van der Waals surface area contributed by atoms with E-state index in [9.17, 15) is 12.8 Å². The molecule has 0 radical (unpaired) electrons. The molecule has 0 atom stereocenters. The van der Waals surface area contributed by atoms with Crippen molar-refractivity contribution in [2.75, 3.05) is 20.1 Å². The van der Waals surface area contributed by atoms with E-state index in [0.717, 1.165) is 25.9 Å². The smallest absolute Gasteiger partial charge is 0.218 e. The minimum Gasteiger partial charge on any atom is -0.317 e. The molecule has 0 aliphatic carbocycles. The van der Waals surface area contributed by atoms with Crippen LogP contribution in [-0.4, -0.2) is 38.9 Å². The summed E-state index contributed by atoms with van der Waals surface area (Å²) < 4.78 is 39.5. The van der Waals surface area contributed by atoms with Crippen molar-refractivity contribution >= 4 is 22.4 Å². The Hall–Kier alpha value is -0.690. The number of benzene rings is 1. The first-order valence-electron chi connectivity index (χ1n) is 6.40. The second kappa shape index (κ2) is 7.36. The molecule has 1 fully saturated rings. The summed E-state index contributed by atoms with van der Waals surface area (Å²) in [6.45, 7) is 1.65. The van der Waals surface area contributed by atoms with Crippen LogP contribution in [0.4, 0.5) is 4.39 Å². The molecule has 1 aliphatic heterocycles. The highest BCUT2D eigenvalue weighted by molar-refractivity contribution is 7.88. The van der Waals surface area contributed by atoms with Crippen LogP contribution in [0.5, 0.6) is 0 Å². The van der Waals surface area contributed by atoms with E-state index in [1.807, 2.05) is 0 Å². The highest BCUT2D eigenvalue weighted by atomic mass is 35.5. The number of rotatable bonds is 4. The van der Waals surface area contributed by atoms with Crippen molar-refractivity contribution in [3.8, 4) is 0 Å². The summed E-state index contributed by atoms with van der Waals surface area (Å²) in [5, 5.41) is 3.20. The van der Waals surface area contributed by atoms with E-state index in [1.54, 1.807) is 19.2 Å². The fourth-order valence-corrected chi connectivity index (χ4v) is 3.81. The van der Waals surface area contributed by atoms with E-state index >= 15 is 0 Å². The molecule has 1 aromatic carbocycles. The molecule has 1 N–H and O–H groups in total. The summed E-state index contributed by atoms with van der Waals surface area (Å²) in [4.78, 5) is 0. The lowest BCUT2D eigenvalue weighted by atomic mass is 10.1. The molecule has 7 heteroatoms. The number of halogens is 2. The van der Waals surface area contributed by atoms with Gasteiger partial charge in [-0.05, 0) is 32.0 Å².